The van der Waals surface area contributed by atoms with Gasteiger partial charge in [-0.2, -0.15) is 0 Å². The van der Waals surface area contributed by atoms with Gasteiger partial charge in [-0.15, -0.1) is 0 Å². The molecule has 0 bridgehead atoms. The summed E-state index contributed by atoms with van der Waals surface area (Å²) in [5.74, 6) is -2.67. The van der Waals surface area contributed by atoms with E-state index in [2.05, 4.69) is 10.6 Å². The van der Waals surface area contributed by atoms with Crippen molar-refractivity contribution in [3.63, 3.8) is 0 Å². The van der Waals surface area contributed by atoms with Crippen molar-refractivity contribution >= 4 is 23.7 Å². The fourth-order valence-corrected chi connectivity index (χ4v) is 3.50. The fourth-order valence-electron chi connectivity index (χ4n) is 3.50. The monoisotopic (exact) mass is 418 g/mol. The van der Waals surface area contributed by atoms with Crippen LogP contribution in [0.2, 0.25) is 0 Å². The molecule has 1 heterocycles. The molecular weight excluding hydrogens is 388 g/mol. The highest BCUT2D eigenvalue weighted by Crippen LogP contribution is 2.20. The molecule has 30 heavy (non-hydrogen) atoms. The number of carboxylic acid groups (broad SMARTS) is 1. The molecule has 2 rings (SSSR count). The summed E-state index contributed by atoms with van der Waals surface area (Å²) in [6.07, 6.45) is 1.42. The number of aliphatic carboxylic acids is 1. The van der Waals surface area contributed by atoms with Crippen LogP contribution in [-0.4, -0.2) is 64.9 Å². The molecule has 164 valence electrons. The van der Waals surface area contributed by atoms with Gasteiger partial charge in [-0.1, -0.05) is 44.2 Å². The summed E-state index contributed by atoms with van der Waals surface area (Å²) in [5, 5.41) is 13.8. The van der Waals surface area contributed by atoms with Crippen LogP contribution in [0.3, 0.4) is 0 Å². The maximum Gasteiger partial charge on any atom is 0.322 e. The van der Waals surface area contributed by atoms with Crippen LogP contribution in [0.5, 0.6) is 0 Å². The summed E-state index contributed by atoms with van der Waals surface area (Å²) in [6.45, 7) is 3.48. The van der Waals surface area contributed by atoms with E-state index in [1.165, 1.54) is 4.90 Å². The SMILES string of the molecule is CC(C)C(NC(=O)C(N)Cc1ccccc1)C(=O)N1CCCC1C(=O)NCC(=O)O. The van der Waals surface area contributed by atoms with Gasteiger partial charge in [0.15, 0.2) is 0 Å². The molecule has 1 fully saturated rings. The lowest BCUT2D eigenvalue weighted by Crippen LogP contribution is -2.57. The number of nitrogens with two attached hydrogens (primary N) is 1. The van der Waals surface area contributed by atoms with Crippen molar-refractivity contribution in [2.75, 3.05) is 13.1 Å². The summed E-state index contributed by atoms with van der Waals surface area (Å²) < 4.78 is 0. The second kappa shape index (κ2) is 10.7. The van der Waals surface area contributed by atoms with E-state index in [-0.39, 0.29) is 11.8 Å². The van der Waals surface area contributed by atoms with Crippen molar-refractivity contribution in [3.05, 3.63) is 35.9 Å². The Hall–Kier alpha value is -2.94. The molecule has 5 N–H and O–H groups in total. The molecule has 0 saturated carbocycles. The number of hydrogen-bond acceptors (Lipinski definition) is 5. The maximum atomic E-state index is 13.1. The van der Waals surface area contributed by atoms with Gasteiger partial charge in [0.05, 0.1) is 6.04 Å². The normalized spacial score (nSPS) is 18.0. The summed E-state index contributed by atoms with van der Waals surface area (Å²) in [6, 6.07) is 6.98. The van der Waals surface area contributed by atoms with Crippen molar-refractivity contribution in [2.45, 2.75) is 51.2 Å². The highest BCUT2D eigenvalue weighted by molar-refractivity contribution is 5.94. The Bertz CT molecular complexity index is 768. The van der Waals surface area contributed by atoms with Crippen LogP contribution >= 0.6 is 0 Å². The van der Waals surface area contributed by atoms with Crippen LogP contribution in [0.15, 0.2) is 30.3 Å². The number of carbonyl (C=O) groups is 4. The second-order valence-corrected chi connectivity index (χ2v) is 7.83. The third-order valence-corrected chi connectivity index (χ3v) is 5.12. The Balaban J connectivity index is 2.03. The van der Waals surface area contributed by atoms with E-state index >= 15 is 0 Å². The fraction of sp³-hybridized carbons (Fsp3) is 0.524. The number of nitrogens with zero attached hydrogens (tertiary/aromatic N) is 1. The van der Waals surface area contributed by atoms with Crippen molar-refractivity contribution in [1.29, 1.82) is 0 Å². The van der Waals surface area contributed by atoms with Gasteiger partial charge in [-0.25, -0.2) is 0 Å². The predicted octanol–water partition coefficient (Wildman–Crippen LogP) is -0.111. The van der Waals surface area contributed by atoms with Crippen molar-refractivity contribution < 1.29 is 24.3 Å². The Labute approximate surface area is 176 Å². The Morgan fingerprint density at radius 2 is 1.87 bits per heavy atom. The quantitative estimate of drug-likeness (QED) is 0.441. The van der Waals surface area contributed by atoms with Crippen LogP contribution < -0.4 is 16.4 Å². The van der Waals surface area contributed by atoms with E-state index in [1.807, 2.05) is 30.3 Å². The van der Waals surface area contributed by atoms with E-state index < -0.39 is 42.5 Å². The lowest BCUT2D eigenvalue weighted by Gasteiger charge is -2.31. The molecule has 3 atom stereocenters. The first-order chi connectivity index (χ1) is 14.2. The highest BCUT2D eigenvalue weighted by atomic mass is 16.4. The number of amides is 3. The van der Waals surface area contributed by atoms with Gasteiger partial charge in [-0.05, 0) is 30.7 Å². The first-order valence-electron chi connectivity index (χ1n) is 10.1. The molecular formula is C21H30N4O5. The van der Waals surface area contributed by atoms with Crippen molar-refractivity contribution in [2.24, 2.45) is 11.7 Å². The number of carbonyl (C=O) groups excluding carboxylic acids is 3. The van der Waals surface area contributed by atoms with Gasteiger partial charge in [0.25, 0.3) is 0 Å². The summed E-state index contributed by atoms with van der Waals surface area (Å²) >= 11 is 0. The zero-order chi connectivity index (χ0) is 22.3. The van der Waals surface area contributed by atoms with E-state index in [0.717, 1.165) is 5.56 Å². The lowest BCUT2D eigenvalue weighted by atomic mass is 10.0. The van der Waals surface area contributed by atoms with Crippen LogP contribution in [0.25, 0.3) is 0 Å². The third kappa shape index (κ3) is 6.28. The summed E-state index contributed by atoms with van der Waals surface area (Å²) in [7, 11) is 0. The number of hydrogen-bond donors (Lipinski definition) is 4. The average Bonchev–Trinajstić information content (AvgIpc) is 3.20. The van der Waals surface area contributed by atoms with E-state index in [0.29, 0.717) is 25.8 Å². The molecule has 1 saturated heterocycles. The predicted molar refractivity (Wildman–Crippen MR) is 110 cm³/mol. The smallest absolute Gasteiger partial charge is 0.322 e. The van der Waals surface area contributed by atoms with Crippen LogP contribution in [0.4, 0.5) is 0 Å². The third-order valence-electron chi connectivity index (χ3n) is 5.12. The number of benzene rings is 1. The van der Waals surface area contributed by atoms with E-state index in [1.54, 1.807) is 13.8 Å². The van der Waals surface area contributed by atoms with Crippen molar-refractivity contribution in [1.82, 2.24) is 15.5 Å². The van der Waals surface area contributed by atoms with Gasteiger partial charge in [0.1, 0.15) is 18.6 Å². The summed E-state index contributed by atoms with van der Waals surface area (Å²) in [4.78, 5) is 50.2. The first kappa shape index (κ1) is 23.3. The maximum absolute atomic E-state index is 13.1. The molecule has 9 heteroatoms. The minimum atomic E-state index is -1.15. The van der Waals surface area contributed by atoms with Crippen LogP contribution in [-0.2, 0) is 25.6 Å². The van der Waals surface area contributed by atoms with E-state index in [4.69, 9.17) is 10.8 Å². The molecule has 0 aliphatic carbocycles. The standard InChI is InChI=1S/C21H30N4O5/c1-13(2)18(24-19(28)15(22)11-14-7-4-3-5-8-14)21(30)25-10-6-9-16(25)20(29)23-12-17(26)27/h3-5,7-8,13,15-16,18H,6,9-12,22H2,1-2H3,(H,23,29)(H,24,28)(H,26,27). The molecule has 1 aromatic rings. The zero-order valence-corrected chi connectivity index (χ0v) is 17.3. The topological polar surface area (TPSA) is 142 Å². The van der Waals surface area contributed by atoms with Gasteiger partial charge >= 0.3 is 5.97 Å². The number of likely N-dealkylation sites (tertiary alicyclic amines) is 1. The van der Waals surface area contributed by atoms with Gasteiger partial charge in [0, 0.05) is 6.54 Å². The highest BCUT2D eigenvalue weighted by Gasteiger charge is 2.39. The minimum Gasteiger partial charge on any atom is -0.480 e. The molecule has 0 spiro atoms. The Kier molecular flexibility index (Phi) is 8.35. The first-order valence-corrected chi connectivity index (χ1v) is 10.1. The number of nitrogens with one attached hydrogen (secondary N) is 2. The second-order valence-electron chi connectivity index (χ2n) is 7.83. The molecule has 9 nitrogen and oxygen atoms in total. The largest absolute Gasteiger partial charge is 0.480 e. The van der Waals surface area contributed by atoms with Gasteiger partial charge in [-0.3, -0.25) is 19.2 Å². The average molecular weight is 418 g/mol. The Morgan fingerprint density at radius 1 is 1.20 bits per heavy atom. The van der Waals surface area contributed by atoms with Gasteiger partial charge < -0.3 is 26.4 Å². The molecule has 1 aliphatic rings. The Morgan fingerprint density at radius 3 is 2.47 bits per heavy atom. The zero-order valence-electron chi connectivity index (χ0n) is 17.3. The minimum absolute atomic E-state index is 0.214. The molecule has 3 amide bonds. The van der Waals surface area contributed by atoms with Gasteiger partial charge in [0.2, 0.25) is 17.7 Å². The van der Waals surface area contributed by atoms with E-state index in [9.17, 15) is 19.2 Å². The van der Waals surface area contributed by atoms with Crippen molar-refractivity contribution in [3.8, 4) is 0 Å². The number of carboxylic acids is 1. The molecule has 3 unspecified atom stereocenters. The molecule has 1 aliphatic heterocycles. The molecule has 0 radical (unpaired) electrons. The lowest BCUT2D eigenvalue weighted by molar-refractivity contribution is -0.143. The molecule has 1 aromatic carbocycles. The van der Waals surface area contributed by atoms with Crippen LogP contribution in [0, 0.1) is 5.92 Å². The molecule has 0 aromatic heterocycles. The number of rotatable bonds is 9. The summed E-state index contributed by atoms with van der Waals surface area (Å²) in [5.41, 5.74) is 6.96. The van der Waals surface area contributed by atoms with Crippen LogP contribution in [0.1, 0.15) is 32.3 Å².